The van der Waals surface area contributed by atoms with Crippen LogP contribution in [0.2, 0.25) is 5.02 Å². The molecule has 5 rings (SSSR count). The van der Waals surface area contributed by atoms with Crippen molar-refractivity contribution in [3.05, 3.63) is 59.4 Å². The highest BCUT2D eigenvalue weighted by Gasteiger charge is 2.22. The quantitative estimate of drug-likeness (QED) is 0.398. The average Bonchev–Trinajstić information content (AvgIpc) is 3.28. The summed E-state index contributed by atoms with van der Waals surface area (Å²) in [5, 5.41) is 5.93. The molecule has 0 bridgehead atoms. The lowest BCUT2D eigenvalue weighted by molar-refractivity contribution is -0.133. The van der Waals surface area contributed by atoms with Gasteiger partial charge in [-0.3, -0.25) is 20.4 Å². The standard InChI is InChI=1S/C24H25ClN8O2/c1-16-26-23-19-7-2-3-8-20(19)27-24(33(23)30-16)29-28-21(34)9-10-22(35)32-13-11-31(12-14-32)18-6-4-5-17(25)15-18/h2-8,15H,9-14H2,1H3,(H,27,29)(H,28,34). The second kappa shape index (κ2) is 9.75. The number of anilines is 2. The Balaban J connectivity index is 1.14. The minimum atomic E-state index is -0.309. The Morgan fingerprint density at radius 3 is 2.60 bits per heavy atom. The maximum atomic E-state index is 12.6. The van der Waals surface area contributed by atoms with Crippen molar-refractivity contribution in [1.29, 1.82) is 0 Å². The molecule has 4 aromatic rings. The van der Waals surface area contributed by atoms with Gasteiger partial charge < -0.3 is 9.80 Å². The van der Waals surface area contributed by atoms with Gasteiger partial charge in [-0.25, -0.2) is 9.97 Å². The molecular weight excluding hydrogens is 468 g/mol. The van der Waals surface area contributed by atoms with Crippen LogP contribution < -0.4 is 15.8 Å². The summed E-state index contributed by atoms with van der Waals surface area (Å²) in [7, 11) is 0. The van der Waals surface area contributed by atoms with E-state index in [9.17, 15) is 9.59 Å². The molecule has 2 amide bonds. The number of amides is 2. The first-order valence-electron chi connectivity index (χ1n) is 11.4. The Bertz CT molecular complexity index is 1400. The third-order valence-electron chi connectivity index (χ3n) is 5.97. The van der Waals surface area contributed by atoms with Crippen molar-refractivity contribution in [3.63, 3.8) is 0 Å². The maximum Gasteiger partial charge on any atom is 0.245 e. The van der Waals surface area contributed by atoms with E-state index in [0.717, 1.165) is 29.7 Å². The number of rotatable bonds is 6. The van der Waals surface area contributed by atoms with Crippen molar-refractivity contribution < 1.29 is 9.59 Å². The Morgan fingerprint density at radius 1 is 1.00 bits per heavy atom. The number of piperazine rings is 1. The van der Waals surface area contributed by atoms with E-state index < -0.39 is 0 Å². The van der Waals surface area contributed by atoms with Crippen molar-refractivity contribution in [1.82, 2.24) is 29.9 Å². The van der Waals surface area contributed by atoms with Gasteiger partial charge in [0.05, 0.1) is 5.52 Å². The molecule has 0 unspecified atom stereocenters. The summed E-state index contributed by atoms with van der Waals surface area (Å²) in [6.45, 7) is 4.46. The summed E-state index contributed by atoms with van der Waals surface area (Å²) >= 11 is 6.09. The van der Waals surface area contributed by atoms with Crippen LogP contribution >= 0.6 is 11.6 Å². The van der Waals surface area contributed by atoms with E-state index in [2.05, 4.69) is 30.8 Å². The predicted molar refractivity (Wildman–Crippen MR) is 134 cm³/mol. The first-order valence-corrected chi connectivity index (χ1v) is 11.8. The van der Waals surface area contributed by atoms with Crippen molar-refractivity contribution in [2.24, 2.45) is 0 Å². The van der Waals surface area contributed by atoms with Gasteiger partial charge in [0.15, 0.2) is 5.65 Å². The number of hydrazine groups is 1. The molecule has 10 nitrogen and oxygen atoms in total. The molecule has 0 spiro atoms. The molecule has 0 radical (unpaired) electrons. The number of carbonyl (C=O) groups excluding carboxylic acids is 2. The van der Waals surface area contributed by atoms with E-state index in [1.54, 1.807) is 16.3 Å². The summed E-state index contributed by atoms with van der Waals surface area (Å²) in [6.07, 6.45) is 0.196. The van der Waals surface area contributed by atoms with Gasteiger partial charge in [0.2, 0.25) is 17.8 Å². The van der Waals surface area contributed by atoms with Crippen LogP contribution in [-0.4, -0.2) is 62.5 Å². The second-order valence-electron chi connectivity index (χ2n) is 8.37. The van der Waals surface area contributed by atoms with Gasteiger partial charge in [-0.1, -0.05) is 29.8 Å². The summed E-state index contributed by atoms with van der Waals surface area (Å²) in [6, 6.07) is 15.3. The molecule has 2 N–H and O–H groups in total. The van der Waals surface area contributed by atoms with Crippen LogP contribution in [0.3, 0.4) is 0 Å². The Morgan fingerprint density at radius 2 is 1.80 bits per heavy atom. The number of nitrogens with zero attached hydrogens (tertiary/aromatic N) is 6. The van der Waals surface area contributed by atoms with Gasteiger partial charge in [-0.15, -0.1) is 5.10 Å². The Kier molecular flexibility index (Phi) is 6.37. The first-order chi connectivity index (χ1) is 17.0. The van der Waals surface area contributed by atoms with Crippen LogP contribution in [0.4, 0.5) is 11.6 Å². The van der Waals surface area contributed by atoms with E-state index in [4.69, 9.17) is 11.6 Å². The minimum absolute atomic E-state index is 0.0379. The van der Waals surface area contributed by atoms with Crippen molar-refractivity contribution in [2.75, 3.05) is 36.5 Å². The van der Waals surface area contributed by atoms with Gasteiger partial charge in [-0.2, -0.15) is 4.52 Å². The second-order valence-corrected chi connectivity index (χ2v) is 8.80. The van der Waals surface area contributed by atoms with Gasteiger partial charge in [0, 0.05) is 55.1 Å². The van der Waals surface area contributed by atoms with Crippen LogP contribution in [0.15, 0.2) is 48.5 Å². The highest BCUT2D eigenvalue weighted by Crippen LogP contribution is 2.22. The maximum absolute atomic E-state index is 12.6. The number of carbonyl (C=O) groups is 2. The van der Waals surface area contributed by atoms with Gasteiger partial charge in [0.25, 0.3) is 0 Å². The summed E-state index contributed by atoms with van der Waals surface area (Å²) in [4.78, 5) is 38.1. The zero-order valence-corrected chi connectivity index (χ0v) is 20.0. The van der Waals surface area contributed by atoms with Crippen molar-refractivity contribution in [2.45, 2.75) is 19.8 Å². The lowest BCUT2D eigenvalue weighted by Crippen LogP contribution is -2.49. The number of benzene rings is 2. The average molecular weight is 493 g/mol. The number of fused-ring (bicyclic) bond motifs is 3. The Hall–Kier alpha value is -3.92. The van der Waals surface area contributed by atoms with E-state index in [0.29, 0.717) is 35.5 Å². The largest absolute Gasteiger partial charge is 0.368 e. The molecule has 3 heterocycles. The number of nitrogens with one attached hydrogen (secondary N) is 2. The fraction of sp³-hybridized carbons (Fsp3) is 0.292. The highest BCUT2D eigenvalue weighted by molar-refractivity contribution is 6.30. The van der Waals surface area contributed by atoms with Crippen molar-refractivity contribution in [3.8, 4) is 0 Å². The molecule has 0 atom stereocenters. The van der Waals surface area contributed by atoms with Crippen LogP contribution in [0.25, 0.3) is 16.6 Å². The third kappa shape index (κ3) is 4.97. The number of hydrogen-bond donors (Lipinski definition) is 2. The van der Waals surface area contributed by atoms with Gasteiger partial charge >= 0.3 is 0 Å². The number of aromatic nitrogens is 4. The molecule has 1 saturated heterocycles. The molecule has 180 valence electrons. The zero-order valence-electron chi connectivity index (χ0n) is 19.2. The van der Waals surface area contributed by atoms with Crippen LogP contribution in [0.5, 0.6) is 0 Å². The number of para-hydroxylation sites is 1. The summed E-state index contributed by atoms with van der Waals surface area (Å²) < 4.78 is 1.56. The fourth-order valence-corrected chi connectivity index (χ4v) is 4.38. The summed E-state index contributed by atoms with van der Waals surface area (Å²) in [5.74, 6) is 0.592. The smallest absolute Gasteiger partial charge is 0.245 e. The molecule has 35 heavy (non-hydrogen) atoms. The molecule has 1 aliphatic rings. The minimum Gasteiger partial charge on any atom is -0.368 e. The number of aryl methyl sites for hydroxylation is 1. The summed E-state index contributed by atoms with van der Waals surface area (Å²) in [5.41, 5.74) is 7.89. The van der Waals surface area contributed by atoms with Gasteiger partial charge in [-0.05, 0) is 37.3 Å². The van der Waals surface area contributed by atoms with Crippen LogP contribution in [0.1, 0.15) is 18.7 Å². The third-order valence-corrected chi connectivity index (χ3v) is 6.21. The van der Waals surface area contributed by atoms with Gasteiger partial charge in [0.1, 0.15) is 5.82 Å². The SMILES string of the molecule is Cc1nc2c3ccccc3nc(NNC(=O)CCC(=O)N3CCN(c4cccc(Cl)c4)CC3)n2n1. The molecule has 0 aliphatic carbocycles. The van der Waals surface area contributed by atoms with E-state index in [1.165, 1.54) is 0 Å². The molecule has 2 aromatic heterocycles. The monoisotopic (exact) mass is 492 g/mol. The molecule has 2 aromatic carbocycles. The fourth-order valence-electron chi connectivity index (χ4n) is 4.19. The topological polar surface area (TPSA) is 108 Å². The number of halogens is 1. The molecular formula is C24H25ClN8O2. The van der Waals surface area contributed by atoms with E-state index in [1.807, 2.05) is 48.5 Å². The molecule has 1 aliphatic heterocycles. The predicted octanol–water partition coefficient (Wildman–Crippen LogP) is 2.81. The zero-order chi connectivity index (χ0) is 24.4. The lowest BCUT2D eigenvalue weighted by atomic mass is 10.2. The first kappa shape index (κ1) is 22.9. The van der Waals surface area contributed by atoms with E-state index >= 15 is 0 Å². The Labute approximate surface area is 206 Å². The van der Waals surface area contributed by atoms with E-state index in [-0.39, 0.29) is 24.7 Å². The van der Waals surface area contributed by atoms with Crippen LogP contribution in [0, 0.1) is 6.92 Å². The molecule has 1 fully saturated rings. The normalized spacial score (nSPS) is 13.9. The highest BCUT2D eigenvalue weighted by atomic mass is 35.5. The molecule has 0 saturated carbocycles. The number of hydrogen-bond acceptors (Lipinski definition) is 7. The lowest BCUT2D eigenvalue weighted by Gasteiger charge is -2.36. The molecule has 11 heteroatoms. The van der Waals surface area contributed by atoms with Crippen molar-refractivity contribution >= 4 is 51.6 Å². The van der Waals surface area contributed by atoms with Crippen LogP contribution in [-0.2, 0) is 9.59 Å².